The first-order chi connectivity index (χ1) is 12.1. The molecule has 1 aromatic heterocycles. The summed E-state index contributed by atoms with van der Waals surface area (Å²) in [6.45, 7) is 0. The lowest BCUT2D eigenvalue weighted by atomic mass is 9.84. The lowest BCUT2D eigenvalue weighted by molar-refractivity contribution is -0.121. The van der Waals surface area contributed by atoms with Gasteiger partial charge in [0.15, 0.2) is 0 Å². The van der Waals surface area contributed by atoms with Crippen molar-refractivity contribution < 1.29 is 9.59 Å². The van der Waals surface area contributed by atoms with E-state index in [0.717, 1.165) is 19.3 Å². The van der Waals surface area contributed by atoms with Gasteiger partial charge in [-0.15, -0.1) is 11.3 Å². The molecular weight excluding hydrogens is 334 g/mol. The van der Waals surface area contributed by atoms with Gasteiger partial charge >= 0.3 is 0 Å². The predicted molar refractivity (Wildman–Crippen MR) is 99.6 cm³/mol. The Bertz CT molecular complexity index is 788. The summed E-state index contributed by atoms with van der Waals surface area (Å²) in [5, 5.41) is 7.70. The molecule has 2 saturated carbocycles. The van der Waals surface area contributed by atoms with Crippen LogP contribution in [-0.2, 0) is 4.79 Å². The van der Waals surface area contributed by atoms with Gasteiger partial charge in [-0.1, -0.05) is 12.1 Å². The van der Waals surface area contributed by atoms with Gasteiger partial charge in [0.25, 0.3) is 5.91 Å². The van der Waals surface area contributed by atoms with Crippen LogP contribution < -0.4 is 16.4 Å². The normalized spacial score (nSPS) is 27.2. The van der Waals surface area contributed by atoms with Crippen LogP contribution in [0.15, 0.2) is 41.8 Å². The molecular formula is C19H21N3O2S. The van der Waals surface area contributed by atoms with Gasteiger partial charge in [0, 0.05) is 17.4 Å². The number of rotatable bonds is 4. The van der Waals surface area contributed by atoms with Gasteiger partial charge in [0.2, 0.25) is 5.91 Å². The second-order valence-electron chi connectivity index (χ2n) is 6.94. The molecule has 4 N–H and O–H groups in total. The minimum Gasteiger partial charge on any atom is -0.327 e. The van der Waals surface area contributed by atoms with Crippen molar-refractivity contribution in [2.45, 2.75) is 25.3 Å². The van der Waals surface area contributed by atoms with E-state index in [9.17, 15) is 9.59 Å². The van der Waals surface area contributed by atoms with Gasteiger partial charge in [-0.2, -0.15) is 0 Å². The topological polar surface area (TPSA) is 84.2 Å². The fourth-order valence-electron chi connectivity index (χ4n) is 4.23. The molecule has 25 heavy (non-hydrogen) atoms. The molecule has 130 valence electrons. The second-order valence-corrected chi connectivity index (χ2v) is 7.89. The van der Waals surface area contributed by atoms with Gasteiger partial charge in [-0.25, -0.2) is 0 Å². The maximum Gasteiger partial charge on any atom is 0.265 e. The van der Waals surface area contributed by atoms with Crippen molar-refractivity contribution in [2.75, 3.05) is 10.6 Å². The monoisotopic (exact) mass is 355 g/mol. The molecule has 2 aliphatic rings. The SMILES string of the molecule is NC1C2CCC(C2)C1C(=O)Nc1cccc(NC(=O)c2cccs2)c1. The van der Waals surface area contributed by atoms with Crippen LogP contribution in [0.2, 0.25) is 0 Å². The van der Waals surface area contributed by atoms with Crippen LogP contribution in [0.4, 0.5) is 11.4 Å². The number of fused-ring (bicyclic) bond motifs is 2. The zero-order valence-corrected chi connectivity index (χ0v) is 14.6. The molecule has 1 heterocycles. The van der Waals surface area contributed by atoms with Crippen molar-refractivity contribution in [2.24, 2.45) is 23.5 Å². The van der Waals surface area contributed by atoms with E-state index in [0.29, 0.717) is 28.1 Å². The summed E-state index contributed by atoms with van der Waals surface area (Å²) in [5.41, 5.74) is 7.60. The average Bonchev–Trinajstić information content (AvgIpc) is 3.32. The lowest BCUT2D eigenvalue weighted by Gasteiger charge is -2.27. The van der Waals surface area contributed by atoms with Crippen LogP contribution in [0.3, 0.4) is 0 Å². The van der Waals surface area contributed by atoms with Crippen LogP contribution >= 0.6 is 11.3 Å². The number of carbonyl (C=O) groups is 2. The molecule has 2 bridgehead atoms. The number of carbonyl (C=O) groups excluding carboxylic acids is 2. The van der Waals surface area contributed by atoms with E-state index in [1.165, 1.54) is 11.3 Å². The number of benzene rings is 1. The number of hydrogen-bond donors (Lipinski definition) is 3. The molecule has 6 heteroatoms. The van der Waals surface area contributed by atoms with Crippen LogP contribution in [0, 0.1) is 17.8 Å². The third-order valence-electron chi connectivity index (χ3n) is 5.42. The fourth-order valence-corrected chi connectivity index (χ4v) is 4.84. The fraction of sp³-hybridized carbons (Fsp3) is 0.368. The molecule has 4 atom stereocenters. The highest BCUT2D eigenvalue weighted by atomic mass is 32.1. The molecule has 2 aliphatic carbocycles. The molecule has 4 rings (SSSR count). The number of amides is 2. The van der Waals surface area contributed by atoms with E-state index in [2.05, 4.69) is 10.6 Å². The van der Waals surface area contributed by atoms with E-state index in [1.54, 1.807) is 12.1 Å². The third kappa shape index (κ3) is 3.19. The van der Waals surface area contributed by atoms with Gasteiger partial charge in [0.1, 0.15) is 0 Å². The molecule has 4 unspecified atom stereocenters. The summed E-state index contributed by atoms with van der Waals surface area (Å²) in [7, 11) is 0. The average molecular weight is 355 g/mol. The Hall–Kier alpha value is -2.18. The molecule has 2 fully saturated rings. The van der Waals surface area contributed by atoms with E-state index in [4.69, 9.17) is 5.73 Å². The Labute approximate surface area is 150 Å². The minimum absolute atomic E-state index is 0.00133. The van der Waals surface area contributed by atoms with Crippen molar-refractivity contribution >= 4 is 34.5 Å². The van der Waals surface area contributed by atoms with Gasteiger partial charge in [-0.05, 0) is 60.7 Å². The van der Waals surface area contributed by atoms with E-state index in [1.807, 2.05) is 29.6 Å². The van der Waals surface area contributed by atoms with Crippen molar-refractivity contribution in [3.05, 3.63) is 46.7 Å². The molecule has 0 aliphatic heterocycles. The van der Waals surface area contributed by atoms with Crippen LogP contribution in [-0.4, -0.2) is 17.9 Å². The zero-order valence-electron chi connectivity index (χ0n) is 13.8. The number of thiophene rings is 1. The Morgan fingerprint density at radius 2 is 1.80 bits per heavy atom. The van der Waals surface area contributed by atoms with E-state index >= 15 is 0 Å². The van der Waals surface area contributed by atoms with Crippen LogP contribution in [0.25, 0.3) is 0 Å². The smallest absolute Gasteiger partial charge is 0.265 e. The second kappa shape index (κ2) is 6.61. The van der Waals surface area contributed by atoms with Crippen molar-refractivity contribution in [3.63, 3.8) is 0 Å². The zero-order chi connectivity index (χ0) is 17.4. The lowest BCUT2D eigenvalue weighted by Crippen LogP contribution is -2.42. The summed E-state index contributed by atoms with van der Waals surface area (Å²) >= 11 is 1.39. The van der Waals surface area contributed by atoms with Crippen LogP contribution in [0.1, 0.15) is 28.9 Å². The van der Waals surface area contributed by atoms with Gasteiger partial charge in [-0.3, -0.25) is 9.59 Å². The number of nitrogens with one attached hydrogen (secondary N) is 2. The van der Waals surface area contributed by atoms with Gasteiger partial charge < -0.3 is 16.4 Å². The molecule has 0 spiro atoms. The Morgan fingerprint density at radius 3 is 2.48 bits per heavy atom. The molecule has 5 nitrogen and oxygen atoms in total. The molecule has 0 radical (unpaired) electrons. The summed E-state index contributed by atoms with van der Waals surface area (Å²) in [5.74, 6) is 0.678. The summed E-state index contributed by atoms with van der Waals surface area (Å²) in [6, 6.07) is 10.8. The van der Waals surface area contributed by atoms with Crippen molar-refractivity contribution in [1.82, 2.24) is 0 Å². The first kappa shape index (κ1) is 16.3. The largest absolute Gasteiger partial charge is 0.327 e. The Balaban J connectivity index is 1.43. The predicted octanol–water partition coefficient (Wildman–Crippen LogP) is 3.31. The maximum atomic E-state index is 12.7. The maximum absolute atomic E-state index is 12.7. The first-order valence-electron chi connectivity index (χ1n) is 8.63. The highest BCUT2D eigenvalue weighted by Crippen LogP contribution is 2.47. The Kier molecular flexibility index (Phi) is 4.31. The van der Waals surface area contributed by atoms with Crippen molar-refractivity contribution in [3.8, 4) is 0 Å². The standard InChI is InChI=1S/C19H21N3O2S/c20-17-12-7-6-11(9-12)16(17)19(24)22-14-4-1-3-13(10-14)21-18(23)15-5-2-8-25-15/h1-5,8,10-12,16-17H,6-7,9,20H2,(H,21,23)(H,22,24). The summed E-state index contributed by atoms with van der Waals surface area (Å²) < 4.78 is 0. The third-order valence-corrected chi connectivity index (χ3v) is 6.28. The quantitative estimate of drug-likeness (QED) is 0.787. The summed E-state index contributed by atoms with van der Waals surface area (Å²) in [6.07, 6.45) is 3.34. The molecule has 1 aromatic carbocycles. The highest BCUT2D eigenvalue weighted by Gasteiger charge is 2.49. The van der Waals surface area contributed by atoms with Crippen molar-refractivity contribution in [1.29, 1.82) is 0 Å². The van der Waals surface area contributed by atoms with E-state index in [-0.39, 0.29) is 23.8 Å². The minimum atomic E-state index is -0.145. The summed E-state index contributed by atoms with van der Waals surface area (Å²) in [4.78, 5) is 25.5. The molecule has 2 aromatic rings. The molecule has 0 saturated heterocycles. The molecule has 2 amide bonds. The Morgan fingerprint density at radius 1 is 1.04 bits per heavy atom. The number of hydrogen-bond acceptors (Lipinski definition) is 4. The number of nitrogens with two attached hydrogens (primary N) is 1. The van der Waals surface area contributed by atoms with Crippen LogP contribution in [0.5, 0.6) is 0 Å². The number of anilines is 2. The highest BCUT2D eigenvalue weighted by molar-refractivity contribution is 7.12. The van der Waals surface area contributed by atoms with E-state index < -0.39 is 0 Å². The van der Waals surface area contributed by atoms with Gasteiger partial charge in [0.05, 0.1) is 10.8 Å². The first-order valence-corrected chi connectivity index (χ1v) is 9.51.